The summed E-state index contributed by atoms with van der Waals surface area (Å²) < 4.78 is 10.3. The van der Waals surface area contributed by atoms with E-state index in [0.717, 1.165) is 5.01 Å². The number of methoxy groups -OCH3 is 1. The Morgan fingerprint density at radius 1 is 1.22 bits per heavy atom. The summed E-state index contributed by atoms with van der Waals surface area (Å²) in [5.41, 5.74) is 1.56. The molecule has 0 saturated carbocycles. The van der Waals surface area contributed by atoms with Crippen LogP contribution in [-0.2, 0) is 22.6 Å². The van der Waals surface area contributed by atoms with Gasteiger partial charge in [-0.2, -0.15) is 0 Å². The standard InChI is InChI=1S/C19H17N3O4S/c1-25-19(24)13-4-2-5-14(8-13)21-17(23)9-15-12-27-18(22-15)11-26-16-6-3-7-20-10-16/h2-8,10,12H,9,11H2,1H3,(H,21,23). The minimum atomic E-state index is -0.455. The Balaban J connectivity index is 1.54. The van der Waals surface area contributed by atoms with E-state index in [1.54, 1.807) is 42.7 Å². The number of amides is 1. The minimum Gasteiger partial charge on any atom is -0.485 e. The second kappa shape index (κ2) is 8.91. The number of pyridine rings is 1. The maximum absolute atomic E-state index is 12.2. The van der Waals surface area contributed by atoms with Crippen molar-refractivity contribution in [2.75, 3.05) is 12.4 Å². The molecule has 138 valence electrons. The number of rotatable bonds is 7. The number of nitrogens with one attached hydrogen (secondary N) is 1. The van der Waals surface area contributed by atoms with E-state index in [9.17, 15) is 9.59 Å². The molecule has 3 rings (SSSR count). The highest BCUT2D eigenvalue weighted by molar-refractivity contribution is 7.09. The molecule has 0 spiro atoms. The van der Waals surface area contributed by atoms with Gasteiger partial charge in [-0.05, 0) is 30.3 Å². The Kier molecular flexibility index (Phi) is 6.11. The predicted molar refractivity (Wildman–Crippen MR) is 101 cm³/mol. The summed E-state index contributed by atoms with van der Waals surface area (Å²) in [5.74, 6) is -0.0108. The number of aromatic nitrogens is 2. The molecule has 0 fully saturated rings. The molecule has 7 nitrogen and oxygen atoms in total. The lowest BCUT2D eigenvalue weighted by Crippen LogP contribution is -2.15. The maximum Gasteiger partial charge on any atom is 0.337 e. The largest absolute Gasteiger partial charge is 0.485 e. The fourth-order valence-corrected chi connectivity index (χ4v) is 2.99. The van der Waals surface area contributed by atoms with Crippen molar-refractivity contribution in [3.8, 4) is 5.75 Å². The quantitative estimate of drug-likeness (QED) is 0.631. The third-order valence-electron chi connectivity index (χ3n) is 3.51. The molecule has 0 radical (unpaired) electrons. The zero-order chi connectivity index (χ0) is 19.1. The molecule has 3 aromatic rings. The Bertz CT molecular complexity index is 927. The van der Waals surface area contributed by atoms with Crippen molar-refractivity contribution in [2.45, 2.75) is 13.0 Å². The van der Waals surface area contributed by atoms with Crippen LogP contribution < -0.4 is 10.1 Å². The van der Waals surface area contributed by atoms with Crippen molar-refractivity contribution in [1.82, 2.24) is 9.97 Å². The molecule has 0 bridgehead atoms. The van der Waals surface area contributed by atoms with E-state index in [4.69, 9.17) is 4.74 Å². The van der Waals surface area contributed by atoms with Gasteiger partial charge in [-0.15, -0.1) is 11.3 Å². The van der Waals surface area contributed by atoms with Gasteiger partial charge in [-0.25, -0.2) is 9.78 Å². The number of carbonyl (C=O) groups is 2. The van der Waals surface area contributed by atoms with Crippen molar-refractivity contribution in [3.05, 3.63) is 70.4 Å². The van der Waals surface area contributed by atoms with Gasteiger partial charge in [0.05, 0.1) is 31.0 Å². The van der Waals surface area contributed by atoms with Crippen LogP contribution in [0.2, 0.25) is 0 Å². The number of hydrogen-bond donors (Lipinski definition) is 1. The molecule has 2 heterocycles. The summed E-state index contributed by atoms with van der Waals surface area (Å²) in [6, 6.07) is 10.2. The summed E-state index contributed by atoms with van der Waals surface area (Å²) in [4.78, 5) is 32.2. The Hall–Kier alpha value is -3.26. The topological polar surface area (TPSA) is 90.4 Å². The van der Waals surface area contributed by atoms with Crippen LogP contribution in [0.5, 0.6) is 5.75 Å². The number of esters is 1. The van der Waals surface area contributed by atoms with Crippen LogP contribution in [0.15, 0.2) is 54.2 Å². The molecule has 1 amide bonds. The molecule has 0 aliphatic rings. The lowest BCUT2D eigenvalue weighted by atomic mass is 10.2. The number of carbonyl (C=O) groups excluding carboxylic acids is 2. The van der Waals surface area contributed by atoms with Gasteiger partial charge in [0, 0.05) is 17.3 Å². The van der Waals surface area contributed by atoms with E-state index in [0.29, 0.717) is 29.3 Å². The molecule has 1 N–H and O–H groups in total. The number of hydrogen-bond acceptors (Lipinski definition) is 7. The van der Waals surface area contributed by atoms with E-state index in [-0.39, 0.29) is 12.3 Å². The highest BCUT2D eigenvalue weighted by atomic mass is 32.1. The van der Waals surface area contributed by atoms with Crippen LogP contribution >= 0.6 is 11.3 Å². The predicted octanol–water partition coefficient (Wildman–Crippen LogP) is 3.08. The van der Waals surface area contributed by atoms with Gasteiger partial charge in [-0.3, -0.25) is 9.78 Å². The molecular formula is C19H17N3O4S. The number of anilines is 1. The van der Waals surface area contributed by atoms with Crippen LogP contribution in [0.25, 0.3) is 0 Å². The molecule has 0 aliphatic carbocycles. The fraction of sp³-hybridized carbons (Fsp3) is 0.158. The van der Waals surface area contributed by atoms with Gasteiger partial charge in [0.25, 0.3) is 0 Å². The van der Waals surface area contributed by atoms with Gasteiger partial charge in [0.15, 0.2) is 0 Å². The molecule has 0 atom stereocenters. The maximum atomic E-state index is 12.2. The van der Waals surface area contributed by atoms with E-state index in [1.807, 2.05) is 11.4 Å². The Morgan fingerprint density at radius 3 is 2.89 bits per heavy atom. The molecular weight excluding hydrogens is 366 g/mol. The van der Waals surface area contributed by atoms with Crippen LogP contribution in [0, 0.1) is 0 Å². The van der Waals surface area contributed by atoms with Gasteiger partial charge in [0.1, 0.15) is 17.4 Å². The molecule has 2 aromatic heterocycles. The summed E-state index contributed by atoms with van der Waals surface area (Å²) in [6.07, 6.45) is 3.43. The van der Waals surface area contributed by atoms with Crippen LogP contribution in [0.1, 0.15) is 21.1 Å². The third-order valence-corrected chi connectivity index (χ3v) is 4.38. The Morgan fingerprint density at radius 2 is 2.11 bits per heavy atom. The lowest BCUT2D eigenvalue weighted by Gasteiger charge is -2.06. The third kappa shape index (κ3) is 5.35. The van der Waals surface area contributed by atoms with Gasteiger partial charge in [0.2, 0.25) is 5.91 Å². The number of thiazole rings is 1. The number of benzene rings is 1. The summed E-state index contributed by atoms with van der Waals surface area (Å²) in [6.45, 7) is 0.319. The van der Waals surface area contributed by atoms with E-state index >= 15 is 0 Å². The first-order chi connectivity index (χ1) is 13.1. The van der Waals surface area contributed by atoms with E-state index in [1.165, 1.54) is 18.4 Å². The van der Waals surface area contributed by atoms with Crippen molar-refractivity contribution in [2.24, 2.45) is 0 Å². The molecule has 0 unspecified atom stereocenters. The van der Waals surface area contributed by atoms with E-state index < -0.39 is 5.97 Å². The van der Waals surface area contributed by atoms with Crippen molar-refractivity contribution in [1.29, 1.82) is 0 Å². The summed E-state index contributed by atoms with van der Waals surface area (Å²) >= 11 is 1.43. The van der Waals surface area contributed by atoms with Crippen LogP contribution in [0.4, 0.5) is 5.69 Å². The fourth-order valence-electron chi connectivity index (χ4n) is 2.29. The minimum absolute atomic E-state index is 0.131. The summed E-state index contributed by atoms with van der Waals surface area (Å²) in [7, 11) is 1.31. The number of nitrogens with zero attached hydrogens (tertiary/aromatic N) is 2. The van der Waals surface area contributed by atoms with Gasteiger partial charge < -0.3 is 14.8 Å². The smallest absolute Gasteiger partial charge is 0.337 e. The molecule has 0 saturated heterocycles. The van der Waals surface area contributed by atoms with Crippen molar-refractivity contribution < 1.29 is 19.1 Å². The average molecular weight is 383 g/mol. The zero-order valence-electron chi connectivity index (χ0n) is 14.5. The number of ether oxygens (including phenoxy) is 2. The second-order valence-corrected chi connectivity index (χ2v) is 6.45. The molecule has 0 aliphatic heterocycles. The highest BCUT2D eigenvalue weighted by Gasteiger charge is 2.11. The van der Waals surface area contributed by atoms with Crippen molar-refractivity contribution in [3.63, 3.8) is 0 Å². The summed E-state index contributed by atoms with van der Waals surface area (Å²) in [5, 5.41) is 5.35. The van der Waals surface area contributed by atoms with Crippen molar-refractivity contribution >= 4 is 28.9 Å². The monoisotopic (exact) mass is 383 g/mol. The first-order valence-electron chi connectivity index (χ1n) is 8.08. The lowest BCUT2D eigenvalue weighted by molar-refractivity contribution is -0.115. The molecule has 8 heteroatoms. The normalized spacial score (nSPS) is 10.3. The Labute approximate surface area is 160 Å². The highest BCUT2D eigenvalue weighted by Crippen LogP contribution is 2.16. The van der Waals surface area contributed by atoms with E-state index in [2.05, 4.69) is 20.0 Å². The SMILES string of the molecule is COC(=O)c1cccc(NC(=O)Cc2csc(COc3cccnc3)n2)c1. The average Bonchev–Trinajstić information content (AvgIpc) is 3.14. The second-order valence-electron chi connectivity index (χ2n) is 5.51. The first-order valence-corrected chi connectivity index (χ1v) is 8.96. The van der Waals surface area contributed by atoms with Crippen LogP contribution in [0.3, 0.4) is 0 Å². The first kappa shape index (κ1) is 18.5. The molecule has 1 aromatic carbocycles. The van der Waals surface area contributed by atoms with Gasteiger partial charge in [-0.1, -0.05) is 6.07 Å². The molecule has 27 heavy (non-hydrogen) atoms. The van der Waals surface area contributed by atoms with Gasteiger partial charge >= 0.3 is 5.97 Å². The zero-order valence-corrected chi connectivity index (χ0v) is 15.4. The van der Waals surface area contributed by atoms with Crippen LogP contribution in [-0.4, -0.2) is 29.0 Å².